The molecule has 1 atom stereocenters. The molecule has 0 saturated carbocycles. The van der Waals surface area contributed by atoms with E-state index in [2.05, 4.69) is 4.98 Å². The first-order chi connectivity index (χ1) is 6.74. The maximum absolute atomic E-state index is 9.05. The largest absolute Gasteiger partial charge is 0.394 e. The number of H-pyrrole nitrogens is 1. The monoisotopic (exact) mass is 190 g/mol. The quantitative estimate of drug-likeness (QED) is 0.671. The van der Waals surface area contributed by atoms with E-state index >= 15 is 0 Å². The first-order valence-electron chi connectivity index (χ1n) is 4.67. The van der Waals surface area contributed by atoms with Crippen LogP contribution in [0.1, 0.15) is 17.3 Å². The lowest BCUT2D eigenvalue weighted by Gasteiger charge is -2.07. The Labute approximate surface area is 82.6 Å². The van der Waals surface area contributed by atoms with Gasteiger partial charge in [-0.15, -0.1) is 0 Å². The molecule has 0 aliphatic heterocycles. The van der Waals surface area contributed by atoms with Crippen LogP contribution in [0.3, 0.4) is 0 Å². The molecule has 0 fully saturated rings. The van der Waals surface area contributed by atoms with Crippen LogP contribution in [0.4, 0.5) is 0 Å². The molecule has 0 aliphatic carbocycles. The van der Waals surface area contributed by atoms with Crippen LogP contribution in [0.2, 0.25) is 0 Å². The molecule has 0 radical (unpaired) electrons. The highest BCUT2D eigenvalue weighted by molar-refractivity contribution is 5.85. The summed E-state index contributed by atoms with van der Waals surface area (Å²) in [6.45, 7) is 1.95. The fourth-order valence-corrected chi connectivity index (χ4v) is 1.87. The molecule has 74 valence electrons. The van der Waals surface area contributed by atoms with Gasteiger partial charge >= 0.3 is 0 Å². The summed E-state index contributed by atoms with van der Waals surface area (Å²) in [5.41, 5.74) is 8.96. The first-order valence-corrected chi connectivity index (χ1v) is 4.67. The number of aryl methyl sites for hydroxylation is 1. The minimum Gasteiger partial charge on any atom is -0.394 e. The van der Waals surface area contributed by atoms with Crippen LogP contribution in [-0.4, -0.2) is 16.7 Å². The maximum Gasteiger partial charge on any atom is 0.0625 e. The smallest absolute Gasteiger partial charge is 0.0625 e. The molecule has 0 unspecified atom stereocenters. The van der Waals surface area contributed by atoms with Crippen molar-refractivity contribution in [2.24, 2.45) is 5.73 Å². The van der Waals surface area contributed by atoms with Crippen LogP contribution >= 0.6 is 0 Å². The fraction of sp³-hybridized carbons (Fsp3) is 0.273. The Balaban J connectivity index is 2.67. The van der Waals surface area contributed by atoms with Gasteiger partial charge in [0.2, 0.25) is 0 Å². The zero-order valence-electron chi connectivity index (χ0n) is 8.12. The highest BCUT2D eigenvalue weighted by Gasteiger charge is 2.13. The summed E-state index contributed by atoms with van der Waals surface area (Å²) in [5.74, 6) is 0. The minimum atomic E-state index is -0.300. The number of hydrogen-bond donors (Lipinski definition) is 3. The molecule has 0 saturated heterocycles. The summed E-state index contributed by atoms with van der Waals surface area (Å²) in [7, 11) is 0. The predicted molar refractivity (Wildman–Crippen MR) is 57.0 cm³/mol. The first kappa shape index (κ1) is 9.24. The predicted octanol–water partition coefficient (Wildman–Crippen LogP) is 1.47. The molecule has 0 aliphatic rings. The standard InChI is InChI=1S/C11H14N2O/c1-7-11(9(12)6-14)8-4-2-3-5-10(8)13-7/h2-5,9,13-14H,6,12H2,1H3/t9-/m1/s1. The molecule has 3 heteroatoms. The summed E-state index contributed by atoms with van der Waals surface area (Å²) in [4.78, 5) is 3.25. The van der Waals surface area contributed by atoms with Crippen molar-refractivity contribution in [1.29, 1.82) is 0 Å². The molecule has 1 aromatic carbocycles. The lowest BCUT2D eigenvalue weighted by molar-refractivity contribution is 0.268. The highest BCUT2D eigenvalue weighted by atomic mass is 16.3. The number of aromatic nitrogens is 1. The van der Waals surface area contributed by atoms with Crippen molar-refractivity contribution in [3.05, 3.63) is 35.5 Å². The van der Waals surface area contributed by atoms with Crippen LogP contribution in [0.5, 0.6) is 0 Å². The van der Waals surface area contributed by atoms with Crippen LogP contribution in [0, 0.1) is 6.92 Å². The lowest BCUT2D eigenvalue weighted by Crippen LogP contribution is -2.15. The van der Waals surface area contributed by atoms with E-state index in [1.807, 2.05) is 31.2 Å². The maximum atomic E-state index is 9.05. The van der Waals surface area contributed by atoms with E-state index < -0.39 is 0 Å². The molecule has 1 heterocycles. The number of benzene rings is 1. The number of nitrogens with one attached hydrogen (secondary N) is 1. The van der Waals surface area contributed by atoms with E-state index in [4.69, 9.17) is 10.8 Å². The lowest BCUT2D eigenvalue weighted by atomic mass is 10.0. The van der Waals surface area contributed by atoms with Gasteiger partial charge in [0.05, 0.1) is 12.6 Å². The van der Waals surface area contributed by atoms with Gasteiger partial charge < -0.3 is 15.8 Å². The van der Waals surface area contributed by atoms with Crippen LogP contribution in [0.25, 0.3) is 10.9 Å². The zero-order valence-corrected chi connectivity index (χ0v) is 8.12. The highest BCUT2D eigenvalue weighted by Crippen LogP contribution is 2.25. The van der Waals surface area contributed by atoms with E-state index in [0.29, 0.717) is 0 Å². The normalized spacial score (nSPS) is 13.4. The molecule has 0 spiro atoms. The van der Waals surface area contributed by atoms with Crippen molar-refractivity contribution < 1.29 is 5.11 Å². The minimum absolute atomic E-state index is 0.0251. The van der Waals surface area contributed by atoms with Gasteiger partial charge in [0.25, 0.3) is 0 Å². The second-order valence-electron chi connectivity index (χ2n) is 3.50. The second kappa shape index (κ2) is 3.44. The number of fused-ring (bicyclic) bond motifs is 1. The number of para-hydroxylation sites is 1. The third-order valence-electron chi connectivity index (χ3n) is 2.51. The molecule has 3 nitrogen and oxygen atoms in total. The van der Waals surface area contributed by atoms with E-state index in [1.54, 1.807) is 0 Å². The van der Waals surface area contributed by atoms with Gasteiger partial charge in [-0.1, -0.05) is 18.2 Å². The van der Waals surface area contributed by atoms with Gasteiger partial charge in [-0.25, -0.2) is 0 Å². The van der Waals surface area contributed by atoms with Crippen LogP contribution in [-0.2, 0) is 0 Å². The second-order valence-corrected chi connectivity index (χ2v) is 3.50. The van der Waals surface area contributed by atoms with Gasteiger partial charge in [-0.2, -0.15) is 0 Å². The fourth-order valence-electron chi connectivity index (χ4n) is 1.87. The Bertz CT molecular complexity index is 447. The van der Waals surface area contributed by atoms with Gasteiger partial charge in [0.1, 0.15) is 0 Å². The number of hydrogen-bond acceptors (Lipinski definition) is 2. The molecule has 0 amide bonds. The Morgan fingerprint density at radius 3 is 2.86 bits per heavy atom. The SMILES string of the molecule is Cc1[nH]c2ccccc2c1[C@H](N)CO. The average molecular weight is 190 g/mol. The van der Waals surface area contributed by atoms with E-state index in [9.17, 15) is 0 Å². The van der Waals surface area contributed by atoms with Crippen molar-refractivity contribution in [3.8, 4) is 0 Å². The Morgan fingerprint density at radius 2 is 2.14 bits per heavy atom. The molecular formula is C11H14N2O. The summed E-state index contributed by atoms with van der Waals surface area (Å²) < 4.78 is 0. The molecule has 14 heavy (non-hydrogen) atoms. The number of aromatic amines is 1. The van der Waals surface area contributed by atoms with E-state index in [0.717, 1.165) is 22.2 Å². The van der Waals surface area contributed by atoms with Crippen molar-refractivity contribution in [3.63, 3.8) is 0 Å². The number of aliphatic hydroxyl groups is 1. The summed E-state index contributed by atoms with van der Waals surface area (Å²) in [5, 5.41) is 10.2. The van der Waals surface area contributed by atoms with Crippen LogP contribution < -0.4 is 5.73 Å². The molecule has 1 aromatic heterocycles. The zero-order chi connectivity index (χ0) is 10.1. The van der Waals surface area contributed by atoms with Crippen molar-refractivity contribution in [1.82, 2.24) is 4.98 Å². The molecule has 2 rings (SSSR count). The Morgan fingerprint density at radius 1 is 1.43 bits per heavy atom. The number of aliphatic hydroxyl groups excluding tert-OH is 1. The van der Waals surface area contributed by atoms with Gasteiger partial charge in [0.15, 0.2) is 0 Å². The molecule has 4 N–H and O–H groups in total. The summed E-state index contributed by atoms with van der Waals surface area (Å²) >= 11 is 0. The molecular weight excluding hydrogens is 176 g/mol. The van der Waals surface area contributed by atoms with Crippen LogP contribution in [0.15, 0.2) is 24.3 Å². The average Bonchev–Trinajstić information content (AvgIpc) is 2.53. The topological polar surface area (TPSA) is 62.0 Å². The number of rotatable bonds is 2. The van der Waals surface area contributed by atoms with E-state index in [1.165, 1.54) is 0 Å². The summed E-state index contributed by atoms with van der Waals surface area (Å²) in [6.07, 6.45) is 0. The number of nitrogens with two attached hydrogens (primary N) is 1. The molecule has 0 bridgehead atoms. The van der Waals surface area contributed by atoms with Crippen molar-refractivity contribution >= 4 is 10.9 Å². The van der Waals surface area contributed by atoms with Gasteiger partial charge in [-0.3, -0.25) is 0 Å². The Hall–Kier alpha value is -1.32. The molecule has 2 aromatic rings. The van der Waals surface area contributed by atoms with Crippen molar-refractivity contribution in [2.75, 3.05) is 6.61 Å². The third kappa shape index (κ3) is 1.31. The van der Waals surface area contributed by atoms with Gasteiger partial charge in [0, 0.05) is 16.6 Å². The van der Waals surface area contributed by atoms with Crippen molar-refractivity contribution in [2.45, 2.75) is 13.0 Å². The van der Waals surface area contributed by atoms with E-state index in [-0.39, 0.29) is 12.6 Å². The van der Waals surface area contributed by atoms with Gasteiger partial charge in [-0.05, 0) is 18.6 Å². The third-order valence-corrected chi connectivity index (χ3v) is 2.51. The Kier molecular flexibility index (Phi) is 2.27. The summed E-state index contributed by atoms with van der Waals surface area (Å²) in [6, 6.07) is 7.68.